The number of ether oxygens (including phenoxy) is 1. The molecule has 1 aromatic carbocycles. The van der Waals surface area contributed by atoms with Crippen molar-refractivity contribution in [3.8, 4) is 0 Å². The molecule has 0 aliphatic carbocycles. The SMILES string of the molecule is CC[C@]1(C)C[C@@H]([C@@H](CC(=O)O)c2ccc(C)cc2)CCO1. The van der Waals surface area contributed by atoms with Gasteiger partial charge in [-0.15, -0.1) is 0 Å². The Morgan fingerprint density at radius 1 is 1.43 bits per heavy atom. The van der Waals surface area contributed by atoms with Crippen LogP contribution in [-0.2, 0) is 9.53 Å². The van der Waals surface area contributed by atoms with Crippen LogP contribution in [0, 0.1) is 12.8 Å². The summed E-state index contributed by atoms with van der Waals surface area (Å²) in [5.74, 6) is -0.259. The predicted octanol–water partition coefficient (Wildman–Crippen LogP) is 4.15. The van der Waals surface area contributed by atoms with E-state index in [1.165, 1.54) is 5.56 Å². The van der Waals surface area contributed by atoms with Gasteiger partial charge in [0.25, 0.3) is 0 Å². The first-order valence-corrected chi connectivity index (χ1v) is 7.86. The number of hydrogen-bond acceptors (Lipinski definition) is 2. The van der Waals surface area contributed by atoms with Gasteiger partial charge in [0.05, 0.1) is 12.0 Å². The van der Waals surface area contributed by atoms with Gasteiger partial charge in [0.15, 0.2) is 0 Å². The molecule has 1 saturated heterocycles. The number of carbonyl (C=O) groups is 1. The fourth-order valence-electron chi connectivity index (χ4n) is 3.32. The minimum atomic E-state index is -0.717. The summed E-state index contributed by atoms with van der Waals surface area (Å²) in [5.41, 5.74) is 2.25. The Hall–Kier alpha value is -1.35. The third-order valence-electron chi connectivity index (χ3n) is 4.85. The third kappa shape index (κ3) is 4.07. The van der Waals surface area contributed by atoms with Crippen LogP contribution in [0.2, 0.25) is 0 Å². The average molecular weight is 290 g/mol. The lowest BCUT2D eigenvalue weighted by atomic mass is 9.74. The molecule has 0 bridgehead atoms. The second-order valence-corrected chi connectivity index (χ2v) is 6.52. The molecule has 1 aromatic rings. The van der Waals surface area contributed by atoms with Crippen LogP contribution in [0.1, 0.15) is 56.6 Å². The van der Waals surface area contributed by atoms with E-state index in [9.17, 15) is 9.90 Å². The summed E-state index contributed by atoms with van der Waals surface area (Å²) in [6, 6.07) is 8.31. The molecular weight excluding hydrogens is 264 g/mol. The molecule has 3 heteroatoms. The van der Waals surface area contributed by atoms with Gasteiger partial charge in [-0.1, -0.05) is 36.8 Å². The van der Waals surface area contributed by atoms with Crippen molar-refractivity contribution in [2.45, 2.75) is 58.0 Å². The molecule has 0 saturated carbocycles. The van der Waals surface area contributed by atoms with Crippen LogP contribution in [0.25, 0.3) is 0 Å². The van der Waals surface area contributed by atoms with Gasteiger partial charge < -0.3 is 9.84 Å². The number of benzene rings is 1. The van der Waals surface area contributed by atoms with Crippen molar-refractivity contribution >= 4 is 5.97 Å². The fourth-order valence-corrected chi connectivity index (χ4v) is 3.32. The molecule has 3 atom stereocenters. The molecule has 0 aromatic heterocycles. The largest absolute Gasteiger partial charge is 0.481 e. The van der Waals surface area contributed by atoms with E-state index in [1.54, 1.807) is 0 Å². The lowest BCUT2D eigenvalue weighted by molar-refractivity contribution is -0.139. The van der Waals surface area contributed by atoms with Crippen LogP contribution in [0.5, 0.6) is 0 Å². The van der Waals surface area contributed by atoms with E-state index in [0.29, 0.717) is 5.92 Å². The number of aliphatic carboxylic acids is 1. The topological polar surface area (TPSA) is 46.5 Å². The zero-order valence-corrected chi connectivity index (χ0v) is 13.3. The van der Waals surface area contributed by atoms with E-state index >= 15 is 0 Å². The van der Waals surface area contributed by atoms with Gasteiger partial charge in [-0.05, 0) is 50.5 Å². The predicted molar refractivity (Wildman–Crippen MR) is 83.5 cm³/mol. The Bertz CT molecular complexity index is 480. The minimum absolute atomic E-state index is 0.0814. The molecule has 1 heterocycles. The average Bonchev–Trinajstić information content (AvgIpc) is 2.46. The molecule has 2 rings (SSSR count). The maximum Gasteiger partial charge on any atom is 0.303 e. The molecule has 116 valence electrons. The molecule has 0 amide bonds. The highest BCUT2D eigenvalue weighted by molar-refractivity contribution is 5.68. The smallest absolute Gasteiger partial charge is 0.303 e. The van der Waals surface area contributed by atoms with Gasteiger partial charge in [-0.3, -0.25) is 4.79 Å². The molecule has 1 N–H and O–H groups in total. The van der Waals surface area contributed by atoms with Crippen molar-refractivity contribution in [2.75, 3.05) is 6.61 Å². The Morgan fingerprint density at radius 3 is 2.67 bits per heavy atom. The van der Waals surface area contributed by atoms with E-state index in [-0.39, 0.29) is 17.9 Å². The van der Waals surface area contributed by atoms with Crippen molar-refractivity contribution in [3.05, 3.63) is 35.4 Å². The van der Waals surface area contributed by atoms with Crippen LogP contribution in [0.15, 0.2) is 24.3 Å². The molecular formula is C18H26O3. The number of carboxylic acids is 1. The fraction of sp³-hybridized carbons (Fsp3) is 0.611. The van der Waals surface area contributed by atoms with Crippen LogP contribution < -0.4 is 0 Å². The summed E-state index contributed by atoms with van der Waals surface area (Å²) in [7, 11) is 0. The Balaban J connectivity index is 2.23. The lowest BCUT2D eigenvalue weighted by Crippen LogP contribution is -2.38. The van der Waals surface area contributed by atoms with Crippen LogP contribution in [0.3, 0.4) is 0 Å². The van der Waals surface area contributed by atoms with Crippen molar-refractivity contribution in [2.24, 2.45) is 5.92 Å². The molecule has 1 fully saturated rings. The Labute approximate surface area is 127 Å². The van der Waals surface area contributed by atoms with Crippen LogP contribution in [0.4, 0.5) is 0 Å². The summed E-state index contributed by atoms with van der Waals surface area (Å²) in [4.78, 5) is 11.3. The lowest BCUT2D eigenvalue weighted by Gasteiger charge is -2.41. The van der Waals surface area contributed by atoms with E-state index in [4.69, 9.17) is 4.74 Å². The van der Waals surface area contributed by atoms with Crippen molar-refractivity contribution < 1.29 is 14.6 Å². The number of rotatable bonds is 5. The number of hydrogen-bond donors (Lipinski definition) is 1. The molecule has 0 radical (unpaired) electrons. The van der Waals surface area contributed by atoms with E-state index < -0.39 is 5.97 Å². The standard InChI is InChI=1S/C18H26O3/c1-4-18(3)12-15(9-10-21-18)16(11-17(19)20)14-7-5-13(2)6-8-14/h5-8,15-16H,4,9-12H2,1-3H3,(H,19,20)/t15-,16-,18+/m0/s1. The molecule has 0 unspecified atom stereocenters. The third-order valence-corrected chi connectivity index (χ3v) is 4.85. The first-order chi connectivity index (χ1) is 9.93. The Morgan fingerprint density at radius 2 is 2.10 bits per heavy atom. The van der Waals surface area contributed by atoms with Crippen LogP contribution in [-0.4, -0.2) is 23.3 Å². The van der Waals surface area contributed by atoms with Gasteiger partial charge >= 0.3 is 5.97 Å². The van der Waals surface area contributed by atoms with Gasteiger partial charge in [0.1, 0.15) is 0 Å². The first-order valence-electron chi connectivity index (χ1n) is 7.86. The zero-order chi connectivity index (χ0) is 15.5. The molecule has 21 heavy (non-hydrogen) atoms. The van der Waals surface area contributed by atoms with Gasteiger partial charge in [0, 0.05) is 6.61 Å². The highest BCUT2D eigenvalue weighted by atomic mass is 16.5. The van der Waals surface area contributed by atoms with Crippen molar-refractivity contribution in [1.29, 1.82) is 0 Å². The first kappa shape index (κ1) is 16.0. The quantitative estimate of drug-likeness (QED) is 0.886. The zero-order valence-electron chi connectivity index (χ0n) is 13.3. The van der Waals surface area contributed by atoms with E-state index in [1.807, 2.05) is 0 Å². The molecule has 1 aliphatic heterocycles. The maximum absolute atomic E-state index is 11.3. The number of aryl methyl sites for hydroxylation is 1. The summed E-state index contributed by atoms with van der Waals surface area (Å²) in [6.07, 6.45) is 3.06. The second-order valence-electron chi connectivity index (χ2n) is 6.52. The maximum atomic E-state index is 11.3. The van der Waals surface area contributed by atoms with Crippen LogP contribution >= 0.6 is 0 Å². The molecule has 0 spiro atoms. The van der Waals surface area contributed by atoms with Gasteiger partial charge in [0.2, 0.25) is 0 Å². The summed E-state index contributed by atoms with van der Waals surface area (Å²) >= 11 is 0. The van der Waals surface area contributed by atoms with Crippen molar-refractivity contribution in [1.82, 2.24) is 0 Å². The highest BCUT2D eigenvalue weighted by Gasteiger charge is 2.36. The molecule has 3 nitrogen and oxygen atoms in total. The van der Waals surface area contributed by atoms with Crippen molar-refractivity contribution in [3.63, 3.8) is 0 Å². The summed E-state index contributed by atoms with van der Waals surface area (Å²) < 4.78 is 5.91. The molecule has 1 aliphatic rings. The van der Waals surface area contributed by atoms with E-state index in [2.05, 4.69) is 45.0 Å². The normalized spacial score (nSPS) is 27.3. The second kappa shape index (κ2) is 6.61. The summed E-state index contributed by atoms with van der Waals surface area (Å²) in [6.45, 7) is 7.07. The summed E-state index contributed by atoms with van der Waals surface area (Å²) in [5, 5.41) is 9.29. The van der Waals surface area contributed by atoms with E-state index in [0.717, 1.165) is 31.4 Å². The number of carboxylic acid groups (broad SMARTS) is 1. The minimum Gasteiger partial charge on any atom is -0.481 e. The Kier molecular flexibility index (Phi) is 5.04. The van der Waals surface area contributed by atoms with Gasteiger partial charge in [-0.25, -0.2) is 0 Å². The highest BCUT2D eigenvalue weighted by Crippen LogP contribution is 2.41. The van der Waals surface area contributed by atoms with Gasteiger partial charge in [-0.2, -0.15) is 0 Å². The monoisotopic (exact) mass is 290 g/mol.